The van der Waals surface area contributed by atoms with Crippen molar-refractivity contribution in [1.29, 1.82) is 0 Å². The molecule has 0 heterocycles. The Bertz CT molecular complexity index is 1060. The van der Waals surface area contributed by atoms with E-state index >= 15 is 0 Å². The minimum atomic E-state index is -0.956. The van der Waals surface area contributed by atoms with E-state index in [-0.39, 0.29) is 12.3 Å². The molecule has 0 radical (unpaired) electrons. The van der Waals surface area contributed by atoms with Crippen molar-refractivity contribution in [2.45, 2.75) is 26.7 Å². The number of rotatable bonds is 9. The van der Waals surface area contributed by atoms with Gasteiger partial charge in [0.25, 0.3) is 0 Å². The maximum atomic E-state index is 12.1. The van der Waals surface area contributed by atoms with Crippen LogP contribution in [0.4, 0.5) is 5.69 Å². The quantitative estimate of drug-likeness (QED) is 0.293. The van der Waals surface area contributed by atoms with E-state index in [2.05, 4.69) is 21.2 Å². The normalized spacial score (nSPS) is 10.9. The number of nitrogens with zero attached hydrogens (tertiary/aromatic N) is 1. The molecule has 0 aromatic heterocycles. The molecule has 0 saturated carbocycles. The molecule has 2 rings (SSSR count). The molecule has 0 spiro atoms. The van der Waals surface area contributed by atoms with Crippen LogP contribution in [0.2, 0.25) is 5.02 Å². The third kappa shape index (κ3) is 7.80. The van der Waals surface area contributed by atoms with Crippen LogP contribution in [0.1, 0.15) is 24.5 Å². The molecule has 0 aliphatic rings. The number of methoxy groups -OCH3 is 2. The number of hydrazone groups is 1. The van der Waals surface area contributed by atoms with E-state index in [1.165, 1.54) is 0 Å². The summed E-state index contributed by atoms with van der Waals surface area (Å²) in [6.07, 6.45) is 0.573. The van der Waals surface area contributed by atoms with Crippen LogP contribution in [0.3, 0.4) is 0 Å². The van der Waals surface area contributed by atoms with Gasteiger partial charge in [-0.25, -0.2) is 5.43 Å². The molecule has 0 atom stereocenters. The lowest BCUT2D eigenvalue weighted by atomic mass is 10.1. The number of halogens is 1. The van der Waals surface area contributed by atoms with Crippen molar-refractivity contribution in [2.24, 2.45) is 5.10 Å². The van der Waals surface area contributed by atoms with E-state index in [1.54, 1.807) is 52.3 Å². The van der Waals surface area contributed by atoms with Gasteiger partial charge in [-0.2, -0.15) is 5.10 Å². The number of anilines is 1. The molecule has 0 fully saturated rings. The molecule has 33 heavy (non-hydrogen) atoms. The van der Waals surface area contributed by atoms with Crippen molar-refractivity contribution < 1.29 is 23.9 Å². The van der Waals surface area contributed by atoms with Crippen LogP contribution in [0.15, 0.2) is 41.5 Å². The zero-order valence-corrected chi connectivity index (χ0v) is 19.7. The minimum Gasteiger partial charge on any atom is -0.493 e. The van der Waals surface area contributed by atoms with Crippen LogP contribution < -0.4 is 25.5 Å². The zero-order valence-electron chi connectivity index (χ0n) is 19.0. The van der Waals surface area contributed by atoms with E-state index in [0.717, 1.165) is 5.56 Å². The summed E-state index contributed by atoms with van der Waals surface area (Å²) < 4.78 is 10.5. The van der Waals surface area contributed by atoms with E-state index in [1.807, 2.05) is 12.1 Å². The van der Waals surface area contributed by atoms with Crippen LogP contribution in [0, 0.1) is 6.92 Å². The third-order valence-corrected chi connectivity index (χ3v) is 5.08. The van der Waals surface area contributed by atoms with Gasteiger partial charge < -0.3 is 20.1 Å². The number of nitrogens with one attached hydrogen (secondary N) is 3. The summed E-state index contributed by atoms with van der Waals surface area (Å²) >= 11 is 6.00. The monoisotopic (exact) mass is 474 g/mol. The number of carbonyl (C=O) groups excluding carboxylic acids is 3. The number of amides is 3. The van der Waals surface area contributed by atoms with Gasteiger partial charge in [0.15, 0.2) is 11.5 Å². The smallest absolute Gasteiger partial charge is 0.329 e. The van der Waals surface area contributed by atoms with E-state index in [4.69, 9.17) is 21.1 Å². The zero-order chi connectivity index (χ0) is 24.4. The molecule has 0 aliphatic carbocycles. The number of ether oxygens (including phenoxy) is 2. The predicted molar refractivity (Wildman–Crippen MR) is 127 cm³/mol. The fourth-order valence-corrected chi connectivity index (χ4v) is 3.01. The summed E-state index contributed by atoms with van der Waals surface area (Å²) in [5.41, 5.74) is 4.54. The lowest BCUT2D eigenvalue weighted by molar-refractivity contribution is -0.136. The summed E-state index contributed by atoms with van der Waals surface area (Å²) in [6.45, 7) is 3.71. The van der Waals surface area contributed by atoms with Gasteiger partial charge in [-0.1, -0.05) is 23.7 Å². The molecule has 0 aliphatic heterocycles. The van der Waals surface area contributed by atoms with Gasteiger partial charge in [-0.05, 0) is 55.7 Å². The molecule has 9 nitrogen and oxygen atoms in total. The van der Waals surface area contributed by atoms with E-state index < -0.39 is 11.8 Å². The first-order valence-electron chi connectivity index (χ1n) is 10.1. The van der Waals surface area contributed by atoms with Crippen LogP contribution >= 0.6 is 11.6 Å². The largest absolute Gasteiger partial charge is 0.493 e. The van der Waals surface area contributed by atoms with Gasteiger partial charge in [0, 0.05) is 23.0 Å². The van der Waals surface area contributed by atoms with Gasteiger partial charge in [0.05, 0.1) is 20.6 Å². The highest BCUT2D eigenvalue weighted by atomic mass is 35.5. The van der Waals surface area contributed by atoms with Crippen LogP contribution in [0.5, 0.6) is 11.5 Å². The molecule has 0 bridgehead atoms. The van der Waals surface area contributed by atoms with Gasteiger partial charge in [0.2, 0.25) is 5.91 Å². The average Bonchev–Trinajstić information content (AvgIpc) is 2.80. The third-order valence-electron chi connectivity index (χ3n) is 4.67. The minimum absolute atomic E-state index is 0.0266. The standard InChI is InChI=1S/C23H27ClN4O5/c1-14(27-28-23(31)22(30)26-18-7-5-6-17(24)15(18)2)12-21(29)25-11-10-16-8-9-19(32-3)20(13-16)33-4/h5-9,13H,10-12H2,1-4H3,(H,25,29)(H,26,30)(H,28,31)/b27-14-. The van der Waals surface area contributed by atoms with Crippen molar-refractivity contribution in [1.82, 2.24) is 10.7 Å². The highest BCUT2D eigenvalue weighted by Crippen LogP contribution is 2.27. The molecular weight excluding hydrogens is 448 g/mol. The van der Waals surface area contributed by atoms with Gasteiger partial charge in [-0.15, -0.1) is 0 Å². The van der Waals surface area contributed by atoms with Crippen LogP contribution in [0.25, 0.3) is 0 Å². The Morgan fingerprint density at radius 1 is 1.03 bits per heavy atom. The lowest BCUT2D eigenvalue weighted by Crippen LogP contribution is -2.33. The Morgan fingerprint density at radius 3 is 2.45 bits per heavy atom. The fraction of sp³-hybridized carbons (Fsp3) is 0.304. The second kappa shape index (κ2) is 12.4. The van der Waals surface area contributed by atoms with Crippen molar-refractivity contribution in [2.75, 3.05) is 26.1 Å². The van der Waals surface area contributed by atoms with Crippen molar-refractivity contribution in [3.63, 3.8) is 0 Å². The fourth-order valence-electron chi connectivity index (χ4n) is 2.84. The summed E-state index contributed by atoms with van der Waals surface area (Å²) in [6, 6.07) is 10.5. The van der Waals surface area contributed by atoms with Gasteiger partial charge in [-0.3, -0.25) is 14.4 Å². The molecule has 0 unspecified atom stereocenters. The predicted octanol–water partition coefficient (Wildman–Crippen LogP) is 2.85. The summed E-state index contributed by atoms with van der Waals surface area (Å²) in [5, 5.41) is 9.54. The summed E-state index contributed by atoms with van der Waals surface area (Å²) in [5.74, 6) is -0.853. The Balaban J connectivity index is 1.78. The van der Waals surface area contributed by atoms with Crippen LogP contribution in [-0.4, -0.2) is 44.2 Å². The Labute approximate surface area is 197 Å². The second-order valence-electron chi connectivity index (χ2n) is 7.12. The van der Waals surface area contributed by atoms with E-state index in [9.17, 15) is 14.4 Å². The van der Waals surface area contributed by atoms with Gasteiger partial charge >= 0.3 is 11.8 Å². The number of hydrogen-bond donors (Lipinski definition) is 3. The molecule has 0 saturated heterocycles. The van der Waals surface area contributed by atoms with Crippen LogP contribution in [-0.2, 0) is 20.8 Å². The number of carbonyl (C=O) groups is 3. The summed E-state index contributed by atoms with van der Waals surface area (Å²) in [7, 11) is 3.13. The lowest BCUT2D eigenvalue weighted by Gasteiger charge is -2.10. The van der Waals surface area contributed by atoms with Crippen molar-refractivity contribution in [3.8, 4) is 11.5 Å². The molecule has 10 heteroatoms. The number of hydrogen-bond acceptors (Lipinski definition) is 6. The highest BCUT2D eigenvalue weighted by Gasteiger charge is 2.15. The molecule has 176 valence electrons. The van der Waals surface area contributed by atoms with Crippen molar-refractivity contribution in [3.05, 3.63) is 52.5 Å². The first kappa shape index (κ1) is 25.7. The topological polar surface area (TPSA) is 118 Å². The first-order chi connectivity index (χ1) is 15.7. The Kier molecular flexibility index (Phi) is 9.68. The summed E-state index contributed by atoms with van der Waals surface area (Å²) in [4.78, 5) is 36.1. The average molecular weight is 475 g/mol. The number of benzene rings is 2. The molecular formula is C23H27ClN4O5. The Morgan fingerprint density at radius 2 is 1.76 bits per heavy atom. The molecule has 3 amide bonds. The SMILES string of the molecule is COc1ccc(CCNC(=O)C/C(C)=N\NC(=O)C(=O)Nc2cccc(Cl)c2C)cc1OC. The van der Waals surface area contributed by atoms with E-state index in [0.29, 0.717) is 46.4 Å². The molecule has 2 aromatic rings. The Hall–Kier alpha value is -3.59. The maximum Gasteiger partial charge on any atom is 0.329 e. The molecule has 2 aromatic carbocycles. The van der Waals surface area contributed by atoms with Gasteiger partial charge in [0.1, 0.15) is 0 Å². The maximum absolute atomic E-state index is 12.1. The molecule has 3 N–H and O–H groups in total. The van der Waals surface area contributed by atoms with Crippen molar-refractivity contribution >= 4 is 40.7 Å². The second-order valence-corrected chi connectivity index (χ2v) is 7.53. The first-order valence-corrected chi connectivity index (χ1v) is 10.5. The highest BCUT2D eigenvalue weighted by molar-refractivity contribution is 6.40.